The molecule has 2 heterocycles. The first-order chi connectivity index (χ1) is 16.2. The molecule has 6 nitrogen and oxygen atoms in total. The lowest BCUT2D eigenvalue weighted by Crippen LogP contribution is -2.25. The van der Waals surface area contributed by atoms with Crippen molar-refractivity contribution in [3.8, 4) is 22.6 Å². The zero-order valence-electron chi connectivity index (χ0n) is 19.4. The van der Waals surface area contributed by atoms with Gasteiger partial charge >= 0.3 is 0 Å². The van der Waals surface area contributed by atoms with E-state index in [4.69, 9.17) is 9.84 Å². The smallest absolute Gasteiger partial charge is 0.261 e. The van der Waals surface area contributed by atoms with Crippen LogP contribution in [0.1, 0.15) is 26.4 Å². The van der Waals surface area contributed by atoms with Crippen molar-refractivity contribution in [3.05, 3.63) is 80.3 Å². The number of amides is 1. The van der Waals surface area contributed by atoms with Crippen molar-refractivity contribution in [2.75, 3.05) is 13.2 Å². The molecule has 0 bridgehead atoms. The first kappa shape index (κ1) is 23.7. The maximum atomic E-state index is 13.7. The average molecular weight is 481 g/mol. The van der Waals surface area contributed by atoms with E-state index in [0.717, 1.165) is 16.7 Å². The average Bonchev–Trinajstić information content (AvgIpc) is 3.22. The number of hydrogen-bond acceptors (Lipinski definition) is 5. The van der Waals surface area contributed by atoms with Gasteiger partial charge in [-0.05, 0) is 73.4 Å². The number of aliphatic hydroxyl groups is 1. The molecule has 0 aliphatic rings. The van der Waals surface area contributed by atoms with Gasteiger partial charge in [-0.1, -0.05) is 6.07 Å². The molecule has 176 valence electrons. The highest BCUT2D eigenvalue weighted by Crippen LogP contribution is 2.37. The second-order valence-electron chi connectivity index (χ2n) is 8.30. The molecule has 0 aliphatic carbocycles. The van der Waals surface area contributed by atoms with Gasteiger partial charge in [0.05, 0.1) is 16.9 Å². The highest BCUT2D eigenvalue weighted by Gasteiger charge is 2.18. The van der Waals surface area contributed by atoms with Crippen LogP contribution >= 0.6 is 11.3 Å². The molecule has 8 heteroatoms. The third kappa shape index (κ3) is 4.60. The Morgan fingerprint density at radius 2 is 1.82 bits per heavy atom. The van der Waals surface area contributed by atoms with Gasteiger partial charge in [0.25, 0.3) is 11.5 Å². The van der Waals surface area contributed by atoms with E-state index in [9.17, 15) is 14.0 Å². The van der Waals surface area contributed by atoms with Crippen LogP contribution in [0, 0.1) is 26.6 Å². The van der Waals surface area contributed by atoms with Gasteiger partial charge in [-0.25, -0.2) is 4.39 Å². The molecule has 0 saturated heterocycles. The van der Waals surface area contributed by atoms with Gasteiger partial charge in [-0.2, -0.15) is 0 Å². The molecule has 4 rings (SSSR count). The van der Waals surface area contributed by atoms with Crippen molar-refractivity contribution in [2.24, 2.45) is 7.05 Å². The van der Waals surface area contributed by atoms with Crippen LogP contribution in [0.25, 0.3) is 21.2 Å². The molecule has 34 heavy (non-hydrogen) atoms. The van der Waals surface area contributed by atoms with E-state index in [1.807, 2.05) is 25.1 Å². The third-order valence-corrected chi connectivity index (χ3v) is 6.65. The molecule has 4 aromatic rings. The molecule has 0 saturated carbocycles. The topological polar surface area (TPSA) is 80.6 Å². The molecule has 0 unspecified atom stereocenters. The molecule has 0 fully saturated rings. The minimum absolute atomic E-state index is 0.138. The number of fused-ring (bicyclic) bond motifs is 1. The Morgan fingerprint density at radius 3 is 2.50 bits per heavy atom. The van der Waals surface area contributed by atoms with Gasteiger partial charge in [-0.15, -0.1) is 11.3 Å². The number of aryl methyl sites for hydroxylation is 4. The molecule has 0 aliphatic heterocycles. The minimum Gasteiger partial charge on any atom is -0.457 e. The van der Waals surface area contributed by atoms with Crippen LogP contribution in [0.5, 0.6) is 11.5 Å². The number of pyridine rings is 1. The summed E-state index contributed by atoms with van der Waals surface area (Å²) in [7, 11) is 1.67. The van der Waals surface area contributed by atoms with E-state index in [-0.39, 0.29) is 30.4 Å². The molecule has 0 radical (unpaired) electrons. The molecule has 2 aromatic heterocycles. The fraction of sp³-hybridized carbons (Fsp3) is 0.231. The first-order valence-corrected chi connectivity index (χ1v) is 11.6. The summed E-state index contributed by atoms with van der Waals surface area (Å²) in [5.74, 6) is 0.546. The Bertz CT molecular complexity index is 1450. The number of hydrogen-bond donors (Lipinski definition) is 2. The van der Waals surface area contributed by atoms with Crippen LogP contribution in [-0.2, 0) is 7.05 Å². The number of carbonyl (C=O) groups is 1. The maximum absolute atomic E-state index is 13.7. The van der Waals surface area contributed by atoms with Crippen LogP contribution in [-0.4, -0.2) is 28.7 Å². The van der Waals surface area contributed by atoms with E-state index in [0.29, 0.717) is 37.6 Å². The Labute approximate surface area is 200 Å². The summed E-state index contributed by atoms with van der Waals surface area (Å²) in [6.07, 6.45) is 1.75. The number of nitrogens with one attached hydrogen (secondary N) is 1. The van der Waals surface area contributed by atoms with Gasteiger partial charge in [0.15, 0.2) is 0 Å². The zero-order valence-corrected chi connectivity index (χ0v) is 20.2. The predicted octanol–water partition coefficient (Wildman–Crippen LogP) is 4.85. The molecular weight excluding hydrogens is 455 g/mol. The van der Waals surface area contributed by atoms with Crippen LogP contribution in [0.4, 0.5) is 4.39 Å². The zero-order chi connectivity index (χ0) is 24.6. The molecule has 0 spiro atoms. The van der Waals surface area contributed by atoms with Gasteiger partial charge in [0, 0.05) is 30.1 Å². The van der Waals surface area contributed by atoms with Crippen LogP contribution in [0.3, 0.4) is 0 Å². The number of benzene rings is 2. The fourth-order valence-corrected chi connectivity index (χ4v) is 5.06. The van der Waals surface area contributed by atoms with Crippen molar-refractivity contribution in [2.45, 2.75) is 20.8 Å². The lowest BCUT2D eigenvalue weighted by atomic mass is 10.0. The summed E-state index contributed by atoms with van der Waals surface area (Å²) in [6.45, 7) is 5.52. The number of aliphatic hydroxyl groups excluding tert-OH is 1. The van der Waals surface area contributed by atoms with E-state index in [2.05, 4.69) is 5.32 Å². The van der Waals surface area contributed by atoms with E-state index < -0.39 is 0 Å². The summed E-state index contributed by atoms with van der Waals surface area (Å²) in [5.41, 5.74) is 3.77. The number of carbonyl (C=O) groups excluding carboxylic acids is 1. The number of nitrogens with zero attached hydrogens (tertiary/aromatic N) is 1. The summed E-state index contributed by atoms with van der Waals surface area (Å²) in [6, 6.07) is 10.2. The first-order valence-electron chi connectivity index (χ1n) is 10.8. The van der Waals surface area contributed by atoms with Crippen molar-refractivity contribution < 1.29 is 19.0 Å². The quantitative estimate of drug-likeness (QED) is 0.414. The van der Waals surface area contributed by atoms with Crippen LogP contribution in [0.2, 0.25) is 0 Å². The number of thiophene rings is 1. The number of halogens is 1. The minimum atomic E-state index is -0.334. The number of rotatable bonds is 6. The standard InChI is InChI=1S/C26H25FN2O4S/c1-14-7-17(11-19(8-14)33-23-15(2)9-18(27)10-16(23)3)21-13-29(4)26(32)20-12-22(34-24(20)21)25(31)28-5-6-30/h7-13,30H,5-6H2,1-4H3,(H,28,31). The SMILES string of the molecule is Cc1cc(Oc2c(C)cc(F)cc2C)cc(-c2cn(C)c(=O)c3cc(C(=O)NCCO)sc23)c1. The summed E-state index contributed by atoms with van der Waals surface area (Å²) < 4.78 is 22.1. The van der Waals surface area contributed by atoms with E-state index in [1.54, 1.807) is 33.2 Å². The molecule has 1 amide bonds. The van der Waals surface area contributed by atoms with Crippen molar-refractivity contribution >= 4 is 27.3 Å². The lowest BCUT2D eigenvalue weighted by Gasteiger charge is -2.14. The second kappa shape index (κ2) is 9.40. The number of ether oxygens (including phenoxy) is 1. The second-order valence-corrected chi connectivity index (χ2v) is 9.35. The van der Waals surface area contributed by atoms with Crippen molar-refractivity contribution in [3.63, 3.8) is 0 Å². The van der Waals surface area contributed by atoms with Crippen LogP contribution < -0.4 is 15.6 Å². The highest BCUT2D eigenvalue weighted by atomic mass is 32.1. The molecular formula is C26H25FN2O4S. The third-order valence-electron chi connectivity index (χ3n) is 5.48. The Balaban J connectivity index is 1.82. The largest absolute Gasteiger partial charge is 0.457 e. The Hall–Kier alpha value is -3.49. The summed E-state index contributed by atoms with van der Waals surface area (Å²) in [5, 5.41) is 12.1. The van der Waals surface area contributed by atoms with E-state index >= 15 is 0 Å². The van der Waals surface area contributed by atoms with Crippen LogP contribution in [0.15, 0.2) is 47.4 Å². The lowest BCUT2D eigenvalue weighted by molar-refractivity contribution is 0.0949. The summed E-state index contributed by atoms with van der Waals surface area (Å²) >= 11 is 1.23. The normalized spacial score (nSPS) is 11.1. The van der Waals surface area contributed by atoms with Gasteiger partial charge < -0.3 is 19.7 Å². The van der Waals surface area contributed by atoms with E-state index in [1.165, 1.54) is 28.0 Å². The molecule has 0 atom stereocenters. The van der Waals surface area contributed by atoms with Gasteiger partial charge in [0.1, 0.15) is 17.3 Å². The Morgan fingerprint density at radius 1 is 1.12 bits per heavy atom. The fourth-order valence-electron chi connectivity index (χ4n) is 3.96. The monoisotopic (exact) mass is 480 g/mol. The highest BCUT2D eigenvalue weighted by molar-refractivity contribution is 7.21. The predicted molar refractivity (Wildman–Crippen MR) is 133 cm³/mol. The Kier molecular flexibility index (Phi) is 6.54. The summed E-state index contributed by atoms with van der Waals surface area (Å²) in [4.78, 5) is 25.6. The maximum Gasteiger partial charge on any atom is 0.261 e. The van der Waals surface area contributed by atoms with Crippen molar-refractivity contribution in [1.29, 1.82) is 0 Å². The van der Waals surface area contributed by atoms with Crippen molar-refractivity contribution in [1.82, 2.24) is 9.88 Å². The molecule has 2 N–H and O–H groups in total. The number of aromatic nitrogens is 1. The van der Waals surface area contributed by atoms with Gasteiger partial charge in [0.2, 0.25) is 0 Å². The van der Waals surface area contributed by atoms with Gasteiger partial charge in [-0.3, -0.25) is 9.59 Å². The molecule has 2 aromatic carbocycles.